The summed E-state index contributed by atoms with van der Waals surface area (Å²) in [5, 5.41) is 14.9. The van der Waals surface area contributed by atoms with E-state index >= 15 is 0 Å². The smallest absolute Gasteiger partial charge is 0.407 e. The Kier molecular flexibility index (Phi) is 10.0. The first-order chi connectivity index (χ1) is 14.9. The van der Waals surface area contributed by atoms with E-state index in [0.717, 1.165) is 17.5 Å². The molecular weight excluding hydrogens is 398 g/mol. The maximum Gasteiger partial charge on any atom is 0.407 e. The third-order valence-electron chi connectivity index (χ3n) is 4.60. The summed E-state index contributed by atoms with van der Waals surface area (Å²) in [6.07, 6.45) is -0.258. The fourth-order valence-electron chi connectivity index (χ4n) is 2.96. The summed E-state index contributed by atoms with van der Waals surface area (Å²) in [6, 6.07) is 18.1. The Morgan fingerprint density at radius 1 is 0.968 bits per heavy atom. The van der Waals surface area contributed by atoms with Crippen LogP contribution in [0.15, 0.2) is 60.7 Å². The van der Waals surface area contributed by atoms with Crippen LogP contribution < -0.4 is 16.4 Å². The summed E-state index contributed by atoms with van der Waals surface area (Å²) in [5.41, 5.74) is 7.36. The number of alkyl carbamates (subject to hydrolysis) is 1. The van der Waals surface area contributed by atoms with Crippen molar-refractivity contribution in [2.75, 3.05) is 6.54 Å². The fraction of sp³-hybridized carbons (Fsp3) is 0.348. The summed E-state index contributed by atoms with van der Waals surface area (Å²) < 4.78 is 5.04. The first kappa shape index (κ1) is 23.9. The van der Waals surface area contributed by atoms with Crippen molar-refractivity contribution in [3.05, 3.63) is 71.8 Å². The number of nitrogens with two attached hydrogens (primary N) is 1. The first-order valence-corrected chi connectivity index (χ1v) is 10.2. The lowest BCUT2D eigenvalue weighted by atomic mass is 10.0. The Morgan fingerprint density at radius 3 is 2.19 bits per heavy atom. The topological polar surface area (TPSA) is 131 Å². The predicted molar refractivity (Wildman–Crippen MR) is 116 cm³/mol. The quantitative estimate of drug-likeness (QED) is 0.409. The number of aliphatic hydroxyl groups is 1. The van der Waals surface area contributed by atoms with Gasteiger partial charge in [-0.25, -0.2) is 4.79 Å². The average Bonchev–Trinajstić information content (AvgIpc) is 2.77. The zero-order valence-corrected chi connectivity index (χ0v) is 17.3. The Hall–Kier alpha value is -3.39. The molecule has 0 fully saturated rings. The van der Waals surface area contributed by atoms with Crippen LogP contribution in [0.3, 0.4) is 0 Å². The van der Waals surface area contributed by atoms with E-state index in [1.165, 1.54) is 0 Å². The number of ether oxygens (including phenoxy) is 1. The van der Waals surface area contributed by atoms with Gasteiger partial charge in [0.1, 0.15) is 12.6 Å². The van der Waals surface area contributed by atoms with Gasteiger partial charge in [-0.1, -0.05) is 60.7 Å². The van der Waals surface area contributed by atoms with Crippen molar-refractivity contribution in [3.63, 3.8) is 0 Å². The third kappa shape index (κ3) is 9.77. The Labute approximate surface area is 181 Å². The lowest BCUT2D eigenvalue weighted by Gasteiger charge is -2.17. The zero-order valence-electron chi connectivity index (χ0n) is 17.3. The van der Waals surface area contributed by atoms with Gasteiger partial charge < -0.3 is 26.2 Å². The highest BCUT2D eigenvalue weighted by atomic mass is 16.5. The molecule has 31 heavy (non-hydrogen) atoms. The number of amides is 3. The van der Waals surface area contributed by atoms with Crippen molar-refractivity contribution in [3.8, 4) is 0 Å². The SMILES string of the molecule is NC(=O)[C@H](CCCc1ccccc1)NC(=O)C[C@@H](O)CNC(=O)OCc1ccccc1. The monoisotopic (exact) mass is 427 g/mol. The molecule has 3 amide bonds. The van der Waals surface area contributed by atoms with E-state index in [9.17, 15) is 19.5 Å². The van der Waals surface area contributed by atoms with Crippen LogP contribution in [0.1, 0.15) is 30.4 Å². The normalized spacial score (nSPS) is 12.4. The second kappa shape index (κ2) is 13.0. The Bertz CT molecular complexity index is 830. The van der Waals surface area contributed by atoms with E-state index in [4.69, 9.17) is 10.5 Å². The van der Waals surface area contributed by atoms with E-state index in [0.29, 0.717) is 12.8 Å². The molecule has 0 heterocycles. The van der Waals surface area contributed by atoms with E-state index in [2.05, 4.69) is 10.6 Å². The number of rotatable bonds is 12. The van der Waals surface area contributed by atoms with Crippen molar-refractivity contribution in [2.24, 2.45) is 5.73 Å². The van der Waals surface area contributed by atoms with Crippen LogP contribution in [-0.2, 0) is 27.4 Å². The Morgan fingerprint density at radius 2 is 1.58 bits per heavy atom. The van der Waals surface area contributed by atoms with Crippen molar-refractivity contribution in [1.29, 1.82) is 0 Å². The van der Waals surface area contributed by atoms with Crippen molar-refractivity contribution >= 4 is 17.9 Å². The van der Waals surface area contributed by atoms with Crippen LogP contribution in [0.2, 0.25) is 0 Å². The number of aryl methyl sites for hydroxylation is 1. The van der Waals surface area contributed by atoms with Crippen LogP contribution in [0.5, 0.6) is 0 Å². The molecule has 0 saturated carbocycles. The molecule has 0 saturated heterocycles. The first-order valence-electron chi connectivity index (χ1n) is 10.2. The molecule has 2 aromatic rings. The maximum atomic E-state index is 12.1. The number of primary amides is 1. The molecule has 0 aromatic heterocycles. The Balaban J connectivity index is 1.66. The molecule has 0 aliphatic carbocycles. The van der Waals surface area contributed by atoms with Crippen molar-refractivity contribution in [1.82, 2.24) is 10.6 Å². The molecule has 0 aliphatic heterocycles. The van der Waals surface area contributed by atoms with Crippen LogP contribution in [-0.4, -0.2) is 41.7 Å². The second-order valence-corrected chi connectivity index (χ2v) is 7.20. The molecule has 8 nitrogen and oxygen atoms in total. The molecule has 2 atom stereocenters. The molecule has 166 valence electrons. The van der Waals surface area contributed by atoms with Gasteiger partial charge in [-0.2, -0.15) is 0 Å². The molecule has 0 radical (unpaired) electrons. The lowest BCUT2D eigenvalue weighted by Crippen LogP contribution is -2.46. The van der Waals surface area contributed by atoms with Crippen molar-refractivity contribution in [2.45, 2.75) is 44.4 Å². The fourth-order valence-corrected chi connectivity index (χ4v) is 2.96. The summed E-state index contributed by atoms with van der Waals surface area (Å²) in [5.74, 6) is -1.14. The van der Waals surface area contributed by atoms with Gasteiger partial charge in [0.05, 0.1) is 12.5 Å². The minimum atomic E-state index is -1.12. The number of hydrogen-bond acceptors (Lipinski definition) is 5. The van der Waals surface area contributed by atoms with Gasteiger partial charge in [0.15, 0.2) is 0 Å². The zero-order chi connectivity index (χ0) is 22.5. The molecule has 0 unspecified atom stereocenters. The van der Waals surface area contributed by atoms with Gasteiger partial charge >= 0.3 is 6.09 Å². The maximum absolute atomic E-state index is 12.1. The standard InChI is InChI=1S/C23H29N3O5/c24-22(29)20(13-7-12-17-8-3-1-4-9-17)26-21(28)14-19(27)15-25-23(30)31-16-18-10-5-2-6-11-18/h1-6,8-11,19-20,27H,7,12-16H2,(H2,24,29)(H,25,30)(H,26,28)/t19-,20+/m1/s1. The number of nitrogens with one attached hydrogen (secondary N) is 2. The van der Waals surface area contributed by atoms with E-state index in [1.54, 1.807) is 0 Å². The summed E-state index contributed by atoms with van der Waals surface area (Å²) in [6.45, 7) is -0.0528. The predicted octanol–water partition coefficient (Wildman–Crippen LogP) is 1.66. The largest absolute Gasteiger partial charge is 0.445 e. The molecule has 8 heteroatoms. The van der Waals surface area contributed by atoms with Crippen molar-refractivity contribution < 1.29 is 24.2 Å². The van der Waals surface area contributed by atoms with Crippen LogP contribution in [0.25, 0.3) is 0 Å². The van der Waals surface area contributed by atoms with Gasteiger partial charge in [0.25, 0.3) is 0 Å². The third-order valence-corrected chi connectivity index (χ3v) is 4.60. The number of carbonyl (C=O) groups is 3. The van der Waals surface area contributed by atoms with Gasteiger partial charge in [-0.15, -0.1) is 0 Å². The minimum Gasteiger partial charge on any atom is -0.445 e. The lowest BCUT2D eigenvalue weighted by molar-refractivity contribution is -0.128. The molecular formula is C23H29N3O5. The highest BCUT2D eigenvalue weighted by Gasteiger charge is 2.20. The number of benzene rings is 2. The highest BCUT2D eigenvalue weighted by Crippen LogP contribution is 2.07. The summed E-state index contributed by atoms with van der Waals surface area (Å²) in [7, 11) is 0. The van der Waals surface area contributed by atoms with Gasteiger partial charge in [-0.3, -0.25) is 9.59 Å². The minimum absolute atomic E-state index is 0.104. The van der Waals surface area contributed by atoms with Crippen LogP contribution in [0, 0.1) is 0 Å². The summed E-state index contributed by atoms with van der Waals surface area (Å²) >= 11 is 0. The molecule has 2 aromatic carbocycles. The second-order valence-electron chi connectivity index (χ2n) is 7.20. The van der Waals surface area contributed by atoms with Gasteiger partial charge in [0, 0.05) is 6.54 Å². The average molecular weight is 428 g/mol. The van der Waals surface area contributed by atoms with Gasteiger partial charge in [-0.05, 0) is 30.4 Å². The number of carbonyl (C=O) groups excluding carboxylic acids is 3. The highest BCUT2D eigenvalue weighted by molar-refractivity contribution is 5.86. The van der Waals surface area contributed by atoms with E-state index < -0.39 is 30.1 Å². The van der Waals surface area contributed by atoms with Gasteiger partial charge in [0.2, 0.25) is 11.8 Å². The van der Waals surface area contributed by atoms with E-state index in [-0.39, 0.29) is 19.6 Å². The summed E-state index contributed by atoms with van der Waals surface area (Å²) in [4.78, 5) is 35.5. The van der Waals surface area contributed by atoms with E-state index in [1.807, 2.05) is 60.7 Å². The molecule has 2 rings (SSSR count). The molecule has 0 aliphatic rings. The van der Waals surface area contributed by atoms with Crippen LogP contribution in [0.4, 0.5) is 4.79 Å². The molecule has 0 spiro atoms. The molecule has 5 N–H and O–H groups in total. The molecule has 0 bridgehead atoms. The van der Waals surface area contributed by atoms with Crippen LogP contribution >= 0.6 is 0 Å². The number of aliphatic hydroxyl groups excluding tert-OH is 1. The number of hydrogen-bond donors (Lipinski definition) is 4.